The summed E-state index contributed by atoms with van der Waals surface area (Å²) in [5.41, 5.74) is 1.44. The molecular formula is C13H16N2O3S2. The van der Waals surface area contributed by atoms with Crippen molar-refractivity contribution in [2.45, 2.75) is 19.4 Å². The van der Waals surface area contributed by atoms with Crippen LogP contribution in [0, 0.1) is 0 Å². The normalized spacial score (nSPS) is 13.1. The molecule has 0 spiro atoms. The van der Waals surface area contributed by atoms with Crippen LogP contribution < -0.4 is 4.72 Å². The van der Waals surface area contributed by atoms with Crippen molar-refractivity contribution >= 4 is 26.5 Å². The number of nitrogens with zero attached hydrogens (tertiary/aromatic N) is 1. The van der Waals surface area contributed by atoms with Crippen molar-refractivity contribution in [2.75, 3.05) is 10.5 Å². The molecule has 5 nitrogen and oxygen atoms in total. The molecule has 0 saturated carbocycles. The van der Waals surface area contributed by atoms with Crippen LogP contribution in [0.4, 0.5) is 5.13 Å². The molecule has 108 valence electrons. The van der Waals surface area contributed by atoms with Crippen molar-refractivity contribution in [1.29, 1.82) is 0 Å². The van der Waals surface area contributed by atoms with E-state index >= 15 is 0 Å². The first kappa shape index (κ1) is 15.0. The molecule has 7 heteroatoms. The van der Waals surface area contributed by atoms with Gasteiger partial charge in [0.25, 0.3) is 0 Å². The van der Waals surface area contributed by atoms with E-state index in [-0.39, 0.29) is 10.9 Å². The van der Waals surface area contributed by atoms with E-state index < -0.39 is 16.1 Å². The second-order valence-corrected chi connectivity index (χ2v) is 7.11. The minimum Gasteiger partial charge on any atom is -0.387 e. The first-order chi connectivity index (χ1) is 9.46. The molecule has 1 atom stereocenters. The molecule has 0 saturated heterocycles. The van der Waals surface area contributed by atoms with E-state index in [0.29, 0.717) is 12.1 Å². The summed E-state index contributed by atoms with van der Waals surface area (Å²) in [5, 5.41) is 11.3. The molecule has 0 fully saturated rings. The molecule has 2 rings (SSSR count). The Hall–Kier alpha value is -1.44. The van der Waals surface area contributed by atoms with Crippen LogP contribution in [0.15, 0.2) is 35.7 Å². The average molecular weight is 312 g/mol. The maximum absolute atomic E-state index is 11.9. The first-order valence-electron chi connectivity index (χ1n) is 6.14. The number of anilines is 1. The van der Waals surface area contributed by atoms with Gasteiger partial charge in [-0.1, -0.05) is 30.3 Å². The summed E-state index contributed by atoms with van der Waals surface area (Å²) in [6, 6.07) is 9.44. The van der Waals surface area contributed by atoms with Crippen LogP contribution in [0.2, 0.25) is 0 Å². The Morgan fingerprint density at radius 1 is 1.35 bits per heavy atom. The molecule has 20 heavy (non-hydrogen) atoms. The molecular weight excluding hydrogens is 296 g/mol. The van der Waals surface area contributed by atoms with Gasteiger partial charge in [0.2, 0.25) is 10.0 Å². The van der Waals surface area contributed by atoms with Crippen molar-refractivity contribution in [3.05, 3.63) is 47.0 Å². The first-order valence-corrected chi connectivity index (χ1v) is 8.67. The molecule has 2 N–H and O–H groups in total. The number of aliphatic hydroxyl groups excluding tert-OH is 1. The predicted octanol–water partition coefficient (Wildman–Crippen LogP) is 2.18. The van der Waals surface area contributed by atoms with Crippen LogP contribution in [0.5, 0.6) is 0 Å². The van der Waals surface area contributed by atoms with Crippen molar-refractivity contribution in [3.8, 4) is 0 Å². The number of aliphatic hydroxyl groups is 1. The zero-order valence-electron chi connectivity index (χ0n) is 11.0. The number of aromatic nitrogens is 1. The SMILES string of the molecule is CC(O)c1csc(NS(=O)(=O)CCc2ccccc2)n1. The van der Waals surface area contributed by atoms with Crippen LogP contribution in [-0.2, 0) is 16.4 Å². The van der Waals surface area contributed by atoms with Crippen molar-refractivity contribution in [2.24, 2.45) is 0 Å². The van der Waals surface area contributed by atoms with Gasteiger partial charge in [0, 0.05) is 5.38 Å². The second-order valence-electron chi connectivity index (χ2n) is 4.41. The second kappa shape index (κ2) is 6.34. The quantitative estimate of drug-likeness (QED) is 0.857. The summed E-state index contributed by atoms with van der Waals surface area (Å²) in [7, 11) is -3.43. The fourth-order valence-electron chi connectivity index (χ4n) is 1.61. The highest BCUT2D eigenvalue weighted by molar-refractivity contribution is 7.92. The lowest BCUT2D eigenvalue weighted by Crippen LogP contribution is -2.18. The molecule has 0 bridgehead atoms. The minimum atomic E-state index is -3.43. The topological polar surface area (TPSA) is 79.3 Å². The summed E-state index contributed by atoms with van der Waals surface area (Å²) in [6.07, 6.45) is -0.251. The highest BCUT2D eigenvalue weighted by Crippen LogP contribution is 2.21. The molecule has 2 aromatic rings. The van der Waals surface area contributed by atoms with Gasteiger partial charge in [-0.25, -0.2) is 13.4 Å². The van der Waals surface area contributed by atoms with E-state index in [2.05, 4.69) is 9.71 Å². The van der Waals surface area contributed by atoms with E-state index in [4.69, 9.17) is 0 Å². The lowest BCUT2D eigenvalue weighted by atomic mass is 10.2. The number of hydrogen-bond donors (Lipinski definition) is 2. The van der Waals surface area contributed by atoms with Gasteiger partial charge in [-0.15, -0.1) is 11.3 Å². The number of nitrogens with one attached hydrogen (secondary N) is 1. The van der Waals surface area contributed by atoms with Gasteiger partial charge in [0.1, 0.15) is 0 Å². The van der Waals surface area contributed by atoms with E-state index in [1.54, 1.807) is 12.3 Å². The number of benzene rings is 1. The molecule has 0 radical (unpaired) electrons. The Morgan fingerprint density at radius 3 is 2.65 bits per heavy atom. The van der Waals surface area contributed by atoms with E-state index in [1.165, 1.54) is 11.3 Å². The Balaban J connectivity index is 1.96. The van der Waals surface area contributed by atoms with Crippen molar-refractivity contribution < 1.29 is 13.5 Å². The van der Waals surface area contributed by atoms with Crippen LogP contribution in [0.25, 0.3) is 0 Å². The fourth-order valence-corrected chi connectivity index (χ4v) is 3.74. The number of thiazole rings is 1. The third-order valence-electron chi connectivity index (χ3n) is 2.70. The highest BCUT2D eigenvalue weighted by Gasteiger charge is 2.14. The number of hydrogen-bond acceptors (Lipinski definition) is 5. The van der Waals surface area contributed by atoms with Crippen LogP contribution in [-0.4, -0.2) is 24.3 Å². The van der Waals surface area contributed by atoms with E-state index in [0.717, 1.165) is 5.56 Å². The lowest BCUT2D eigenvalue weighted by Gasteiger charge is -2.05. The van der Waals surface area contributed by atoms with E-state index in [1.807, 2.05) is 30.3 Å². The summed E-state index contributed by atoms with van der Waals surface area (Å²) < 4.78 is 26.3. The van der Waals surface area contributed by atoms with Crippen LogP contribution >= 0.6 is 11.3 Å². The molecule has 1 aromatic carbocycles. The minimum absolute atomic E-state index is 0.000600. The standard InChI is InChI=1S/C13H16N2O3S2/c1-10(16)12-9-19-13(14-12)15-20(17,18)8-7-11-5-3-2-4-6-11/h2-6,9-10,16H,7-8H2,1H3,(H,14,15). The smallest absolute Gasteiger partial charge is 0.234 e. The molecule has 1 aromatic heterocycles. The predicted molar refractivity (Wildman–Crippen MR) is 80.3 cm³/mol. The molecule has 0 amide bonds. The highest BCUT2D eigenvalue weighted by atomic mass is 32.2. The summed E-state index contributed by atoms with van der Waals surface area (Å²) in [4.78, 5) is 4.03. The van der Waals surface area contributed by atoms with Gasteiger partial charge in [-0.3, -0.25) is 4.72 Å². The summed E-state index contributed by atoms with van der Waals surface area (Å²) >= 11 is 1.17. The van der Waals surface area contributed by atoms with Gasteiger partial charge in [0.15, 0.2) is 5.13 Å². The number of rotatable bonds is 6. The Kier molecular flexibility index (Phi) is 4.74. The zero-order valence-corrected chi connectivity index (χ0v) is 12.6. The maximum atomic E-state index is 11.9. The Morgan fingerprint density at radius 2 is 2.05 bits per heavy atom. The zero-order chi connectivity index (χ0) is 14.6. The molecule has 0 aliphatic heterocycles. The number of sulfonamides is 1. The van der Waals surface area contributed by atoms with Gasteiger partial charge in [0.05, 0.1) is 17.6 Å². The largest absolute Gasteiger partial charge is 0.387 e. The number of aryl methyl sites for hydroxylation is 1. The van der Waals surface area contributed by atoms with Gasteiger partial charge in [-0.2, -0.15) is 0 Å². The van der Waals surface area contributed by atoms with Gasteiger partial charge < -0.3 is 5.11 Å². The van der Waals surface area contributed by atoms with Crippen LogP contribution in [0.3, 0.4) is 0 Å². The third kappa shape index (κ3) is 4.29. The van der Waals surface area contributed by atoms with Crippen molar-refractivity contribution in [3.63, 3.8) is 0 Å². The van der Waals surface area contributed by atoms with Crippen LogP contribution in [0.1, 0.15) is 24.3 Å². The molecule has 1 heterocycles. The Bertz CT molecular complexity index is 651. The third-order valence-corrected chi connectivity index (χ3v) is 4.85. The monoisotopic (exact) mass is 312 g/mol. The lowest BCUT2D eigenvalue weighted by molar-refractivity contribution is 0.195. The molecule has 0 aliphatic rings. The summed E-state index contributed by atoms with van der Waals surface area (Å²) in [6.45, 7) is 1.59. The van der Waals surface area contributed by atoms with E-state index in [9.17, 15) is 13.5 Å². The summed E-state index contributed by atoms with van der Waals surface area (Å²) in [5.74, 6) is 0.000600. The maximum Gasteiger partial charge on any atom is 0.234 e. The van der Waals surface area contributed by atoms with Gasteiger partial charge in [-0.05, 0) is 18.9 Å². The average Bonchev–Trinajstić information content (AvgIpc) is 2.86. The van der Waals surface area contributed by atoms with Gasteiger partial charge >= 0.3 is 0 Å². The molecule has 0 aliphatic carbocycles. The Labute approximate surface area is 122 Å². The van der Waals surface area contributed by atoms with Crippen molar-refractivity contribution in [1.82, 2.24) is 4.98 Å². The molecule has 1 unspecified atom stereocenters. The fraction of sp³-hybridized carbons (Fsp3) is 0.308.